The smallest absolute Gasteiger partial charge is 0.412 e. The van der Waals surface area contributed by atoms with Crippen molar-refractivity contribution in [1.82, 2.24) is 4.90 Å². The highest BCUT2D eigenvalue weighted by Gasteiger charge is 2.52. The third-order valence-electron chi connectivity index (χ3n) is 5.72. The highest BCUT2D eigenvalue weighted by atomic mass is 28.4. The highest BCUT2D eigenvalue weighted by molar-refractivity contribution is 6.74. The van der Waals surface area contributed by atoms with Crippen molar-refractivity contribution in [1.29, 1.82) is 0 Å². The van der Waals surface area contributed by atoms with Crippen LogP contribution in [0.2, 0.25) is 18.1 Å². The van der Waals surface area contributed by atoms with Gasteiger partial charge in [-0.15, -0.1) is 0 Å². The number of carbonyl (C=O) groups is 1. The summed E-state index contributed by atoms with van der Waals surface area (Å²) < 4.78 is 18.4. The standard InChI is InChI=1S/C20H40N4O4Si/c1-14(12-22-23-21)16(28-29(10,11)19(5,6)7)15-13-26-20(8,9)24(15)17(25)27-18(2,3)4/h14-16H,12-13H2,1-11H3. The van der Waals surface area contributed by atoms with Gasteiger partial charge in [-0.05, 0) is 64.2 Å². The molecular formula is C20H40N4O4Si. The van der Waals surface area contributed by atoms with Gasteiger partial charge in [0.1, 0.15) is 11.3 Å². The van der Waals surface area contributed by atoms with Crippen LogP contribution in [0.15, 0.2) is 5.11 Å². The predicted molar refractivity (Wildman–Crippen MR) is 117 cm³/mol. The third-order valence-corrected chi connectivity index (χ3v) is 10.2. The molecule has 0 bridgehead atoms. The van der Waals surface area contributed by atoms with E-state index in [9.17, 15) is 4.79 Å². The Morgan fingerprint density at radius 1 is 1.31 bits per heavy atom. The van der Waals surface area contributed by atoms with E-state index in [4.69, 9.17) is 19.4 Å². The molecule has 0 N–H and O–H groups in total. The quantitative estimate of drug-likeness (QED) is 0.235. The molecule has 0 aromatic carbocycles. The highest BCUT2D eigenvalue weighted by Crippen LogP contribution is 2.41. The van der Waals surface area contributed by atoms with Crippen molar-refractivity contribution in [3.05, 3.63) is 10.4 Å². The summed E-state index contributed by atoms with van der Waals surface area (Å²) in [4.78, 5) is 17.6. The topological polar surface area (TPSA) is 96.8 Å². The molecule has 1 amide bonds. The molecule has 29 heavy (non-hydrogen) atoms. The fraction of sp³-hybridized carbons (Fsp3) is 0.950. The van der Waals surface area contributed by atoms with Crippen molar-refractivity contribution in [2.45, 2.75) is 104 Å². The molecule has 9 heteroatoms. The Bertz CT molecular complexity index is 633. The van der Waals surface area contributed by atoms with Crippen LogP contribution < -0.4 is 0 Å². The van der Waals surface area contributed by atoms with Crippen LogP contribution in [0.3, 0.4) is 0 Å². The first-order valence-electron chi connectivity index (χ1n) is 10.3. The molecule has 0 saturated carbocycles. The van der Waals surface area contributed by atoms with Gasteiger partial charge in [-0.2, -0.15) is 0 Å². The van der Waals surface area contributed by atoms with Crippen LogP contribution in [-0.2, 0) is 13.9 Å². The Hall–Kier alpha value is -1.28. The van der Waals surface area contributed by atoms with Gasteiger partial charge in [0.05, 0.1) is 18.8 Å². The maximum absolute atomic E-state index is 13.1. The first kappa shape index (κ1) is 25.8. The van der Waals surface area contributed by atoms with Gasteiger partial charge in [0.25, 0.3) is 0 Å². The molecule has 1 rings (SSSR count). The molecule has 0 radical (unpaired) electrons. The van der Waals surface area contributed by atoms with Crippen molar-refractivity contribution in [2.24, 2.45) is 11.0 Å². The molecule has 0 aromatic rings. The minimum absolute atomic E-state index is 0.00477. The van der Waals surface area contributed by atoms with Crippen LogP contribution in [0.5, 0.6) is 0 Å². The second-order valence-electron chi connectivity index (χ2n) is 10.9. The van der Waals surface area contributed by atoms with E-state index in [1.807, 2.05) is 41.5 Å². The summed E-state index contributed by atoms with van der Waals surface area (Å²) in [6.45, 7) is 22.8. The van der Waals surface area contributed by atoms with Crippen molar-refractivity contribution >= 4 is 14.4 Å². The molecule has 0 spiro atoms. The van der Waals surface area contributed by atoms with Crippen molar-refractivity contribution in [3.8, 4) is 0 Å². The third kappa shape index (κ3) is 6.60. The molecule has 8 nitrogen and oxygen atoms in total. The maximum Gasteiger partial charge on any atom is 0.412 e. The fourth-order valence-electron chi connectivity index (χ4n) is 3.10. The first-order chi connectivity index (χ1) is 12.9. The number of nitrogens with zero attached hydrogens (tertiary/aromatic N) is 4. The minimum atomic E-state index is -2.16. The summed E-state index contributed by atoms with van der Waals surface area (Å²) in [5.74, 6) is -0.0903. The van der Waals surface area contributed by atoms with Gasteiger partial charge in [-0.3, -0.25) is 4.90 Å². The summed E-state index contributed by atoms with van der Waals surface area (Å²) in [7, 11) is -2.16. The Kier molecular flexibility index (Phi) is 7.85. The Balaban J connectivity index is 3.33. The summed E-state index contributed by atoms with van der Waals surface area (Å²) >= 11 is 0. The van der Waals surface area contributed by atoms with E-state index in [0.717, 1.165) is 0 Å². The molecule has 3 unspecified atom stereocenters. The van der Waals surface area contributed by atoms with Gasteiger partial charge in [0, 0.05) is 11.5 Å². The number of ether oxygens (including phenoxy) is 2. The number of amides is 1. The fourth-order valence-corrected chi connectivity index (χ4v) is 4.52. The van der Waals surface area contributed by atoms with Crippen molar-refractivity contribution < 1.29 is 18.7 Å². The van der Waals surface area contributed by atoms with Crippen LogP contribution in [0.4, 0.5) is 4.79 Å². The van der Waals surface area contributed by atoms with E-state index in [-0.39, 0.29) is 29.6 Å². The monoisotopic (exact) mass is 428 g/mol. The van der Waals surface area contributed by atoms with E-state index in [1.165, 1.54) is 0 Å². The largest absolute Gasteiger partial charge is 0.444 e. The summed E-state index contributed by atoms with van der Waals surface area (Å²) in [5.41, 5.74) is 7.35. The van der Waals surface area contributed by atoms with E-state index < -0.39 is 25.7 Å². The molecular weight excluding hydrogens is 388 g/mol. The van der Waals surface area contributed by atoms with E-state index in [2.05, 4.69) is 43.9 Å². The van der Waals surface area contributed by atoms with Crippen LogP contribution in [0.25, 0.3) is 10.4 Å². The molecule has 0 aliphatic carbocycles. The number of hydrogen-bond acceptors (Lipinski definition) is 5. The molecule has 1 fully saturated rings. The Morgan fingerprint density at radius 3 is 2.31 bits per heavy atom. The summed E-state index contributed by atoms with van der Waals surface area (Å²) in [6.07, 6.45) is -0.763. The lowest BCUT2D eigenvalue weighted by atomic mass is 9.97. The molecule has 3 atom stereocenters. The SMILES string of the molecule is CC(CN=[N+]=[N-])C(O[Si](C)(C)C(C)(C)C)C1COC(C)(C)N1C(=O)OC(C)(C)C. The lowest BCUT2D eigenvalue weighted by Gasteiger charge is -2.45. The Morgan fingerprint density at radius 2 is 1.86 bits per heavy atom. The van der Waals surface area contributed by atoms with Crippen molar-refractivity contribution in [3.63, 3.8) is 0 Å². The molecule has 1 aliphatic heterocycles. The zero-order valence-electron chi connectivity index (χ0n) is 20.1. The summed E-state index contributed by atoms with van der Waals surface area (Å²) in [6, 6.07) is -0.335. The van der Waals surface area contributed by atoms with Crippen LogP contribution in [-0.4, -0.2) is 55.9 Å². The second-order valence-corrected chi connectivity index (χ2v) is 15.7. The molecule has 0 aromatic heterocycles. The normalized spacial score (nSPS) is 22.0. The lowest BCUT2D eigenvalue weighted by Crippen LogP contribution is -2.58. The number of carbonyl (C=O) groups excluding carboxylic acids is 1. The second kappa shape index (κ2) is 8.84. The average Bonchev–Trinajstić information content (AvgIpc) is 2.82. The van der Waals surface area contributed by atoms with Crippen LogP contribution in [0, 0.1) is 5.92 Å². The van der Waals surface area contributed by atoms with E-state index in [1.54, 1.807) is 4.90 Å². The van der Waals surface area contributed by atoms with E-state index >= 15 is 0 Å². The maximum atomic E-state index is 13.1. The Labute approximate surface area is 177 Å². The molecule has 1 saturated heterocycles. The number of azide groups is 1. The van der Waals surface area contributed by atoms with Gasteiger partial charge in [0.2, 0.25) is 0 Å². The number of hydrogen-bond donors (Lipinski definition) is 0. The lowest BCUT2D eigenvalue weighted by molar-refractivity contribution is -0.0691. The zero-order valence-corrected chi connectivity index (χ0v) is 21.1. The van der Waals surface area contributed by atoms with E-state index in [0.29, 0.717) is 6.61 Å². The van der Waals surface area contributed by atoms with Gasteiger partial charge >= 0.3 is 6.09 Å². The minimum Gasteiger partial charge on any atom is -0.444 e. The molecule has 1 aliphatic rings. The van der Waals surface area contributed by atoms with Gasteiger partial charge in [-0.25, -0.2) is 4.79 Å². The number of rotatable bonds is 6. The average molecular weight is 429 g/mol. The van der Waals surface area contributed by atoms with Crippen molar-refractivity contribution in [2.75, 3.05) is 13.2 Å². The van der Waals surface area contributed by atoms with Crippen LogP contribution in [0.1, 0.15) is 62.3 Å². The van der Waals surface area contributed by atoms with Gasteiger partial charge < -0.3 is 13.9 Å². The zero-order chi connectivity index (χ0) is 22.8. The first-order valence-corrected chi connectivity index (χ1v) is 13.2. The predicted octanol–water partition coefficient (Wildman–Crippen LogP) is 5.70. The van der Waals surface area contributed by atoms with Gasteiger partial charge in [-0.1, -0.05) is 32.8 Å². The van der Waals surface area contributed by atoms with Crippen LogP contribution >= 0.6 is 0 Å². The summed E-state index contributed by atoms with van der Waals surface area (Å²) in [5, 5.41) is 3.76. The molecule has 1 heterocycles. The van der Waals surface area contributed by atoms with Gasteiger partial charge in [0.15, 0.2) is 8.32 Å². The molecule has 168 valence electrons.